The molecule has 5 rings (SSSR count). The topological polar surface area (TPSA) is 41.6 Å². The molecule has 0 radical (unpaired) electrons. The van der Waals surface area contributed by atoms with Crippen molar-refractivity contribution in [3.63, 3.8) is 0 Å². The van der Waals surface area contributed by atoms with E-state index >= 15 is 0 Å². The molecular weight excluding hydrogens is 344 g/mol. The highest BCUT2D eigenvalue weighted by Crippen LogP contribution is 2.41. The normalized spacial score (nSPS) is 20.4. The van der Waals surface area contributed by atoms with E-state index in [1.54, 1.807) is 18.2 Å². The van der Waals surface area contributed by atoms with Gasteiger partial charge in [0.15, 0.2) is 0 Å². The van der Waals surface area contributed by atoms with Gasteiger partial charge in [-0.1, -0.05) is 0 Å². The molecule has 2 heterocycles. The lowest BCUT2D eigenvalue weighted by Gasteiger charge is -2.28. The summed E-state index contributed by atoms with van der Waals surface area (Å²) < 4.78 is 27.1. The minimum absolute atomic E-state index is 0.222. The van der Waals surface area contributed by atoms with Gasteiger partial charge >= 0.3 is 0 Å². The highest BCUT2D eigenvalue weighted by molar-refractivity contribution is 5.82. The van der Waals surface area contributed by atoms with Crippen LogP contribution in [-0.4, -0.2) is 15.0 Å². The molecule has 3 nitrogen and oxygen atoms in total. The van der Waals surface area contributed by atoms with Gasteiger partial charge in [0.05, 0.1) is 16.6 Å². The number of H-pyrrole nitrogens is 1. The molecule has 1 N–H and O–H groups in total. The van der Waals surface area contributed by atoms with Crippen LogP contribution in [0.5, 0.6) is 0 Å². The smallest absolute Gasteiger partial charge is 0.125 e. The van der Waals surface area contributed by atoms with Crippen molar-refractivity contribution in [2.45, 2.75) is 37.5 Å². The summed E-state index contributed by atoms with van der Waals surface area (Å²) in [5, 5.41) is 0.917. The van der Waals surface area contributed by atoms with E-state index < -0.39 is 0 Å². The van der Waals surface area contributed by atoms with Gasteiger partial charge in [0.25, 0.3) is 0 Å². The number of nitrogens with one attached hydrogen (secondary N) is 1. The zero-order valence-corrected chi connectivity index (χ0v) is 14.8. The Bertz CT molecular complexity index is 1130. The standard InChI is InChI=1S/C22H19F2N3/c23-15-5-7-19-18(11-15)17(9-10-25-19)13-1-3-14(4-2-13)22-26-20-8-6-16(24)12-21(20)27-22/h5-14H,1-4H2,(H,26,27). The Morgan fingerprint density at radius 3 is 2.33 bits per heavy atom. The van der Waals surface area contributed by atoms with Crippen molar-refractivity contribution in [3.05, 3.63) is 71.7 Å². The first kappa shape index (κ1) is 16.4. The van der Waals surface area contributed by atoms with E-state index in [0.717, 1.165) is 53.4 Å². The van der Waals surface area contributed by atoms with E-state index in [0.29, 0.717) is 11.8 Å². The van der Waals surface area contributed by atoms with E-state index in [9.17, 15) is 8.78 Å². The van der Waals surface area contributed by atoms with E-state index in [1.165, 1.54) is 23.8 Å². The summed E-state index contributed by atoms with van der Waals surface area (Å²) in [6, 6.07) is 11.5. The SMILES string of the molecule is Fc1ccc2nc(C3CCC(c4ccnc5ccc(F)cc45)CC3)[nH]c2c1. The first-order valence-corrected chi connectivity index (χ1v) is 9.37. The lowest BCUT2D eigenvalue weighted by molar-refractivity contribution is 0.388. The summed E-state index contributed by atoms with van der Waals surface area (Å²) in [7, 11) is 0. The minimum atomic E-state index is -0.252. The first-order valence-electron chi connectivity index (χ1n) is 9.37. The second kappa shape index (κ2) is 6.41. The Kier molecular flexibility index (Phi) is 3.88. The number of hydrogen-bond donors (Lipinski definition) is 1. The molecule has 0 amide bonds. The lowest BCUT2D eigenvalue weighted by atomic mass is 9.77. The number of pyridine rings is 1. The third-order valence-electron chi connectivity index (χ3n) is 5.75. The van der Waals surface area contributed by atoms with Crippen molar-refractivity contribution in [1.29, 1.82) is 0 Å². The summed E-state index contributed by atoms with van der Waals surface area (Å²) in [6.07, 6.45) is 5.87. The van der Waals surface area contributed by atoms with Crippen molar-refractivity contribution in [2.24, 2.45) is 0 Å². The molecule has 5 heteroatoms. The van der Waals surface area contributed by atoms with Crippen LogP contribution in [0.25, 0.3) is 21.9 Å². The number of hydrogen-bond acceptors (Lipinski definition) is 2. The molecule has 0 saturated heterocycles. The molecule has 2 aromatic heterocycles. The fraction of sp³-hybridized carbons (Fsp3) is 0.273. The molecule has 0 aliphatic heterocycles. The van der Waals surface area contributed by atoms with Gasteiger partial charge in [0.2, 0.25) is 0 Å². The van der Waals surface area contributed by atoms with Gasteiger partial charge in [-0.3, -0.25) is 4.98 Å². The highest BCUT2D eigenvalue weighted by Gasteiger charge is 2.26. The lowest BCUT2D eigenvalue weighted by Crippen LogP contribution is -2.13. The van der Waals surface area contributed by atoms with Gasteiger partial charge in [-0.15, -0.1) is 0 Å². The first-order chi connectivity index (χ1) is 13.2. The van der Waals surface area contributed by atoms with E-state index in [2.05, 4.69) is 15.0 Å². The molecule has 1 saturated carbocycles. The number of halogens is 2. The number of fused-ring (bicyclic) bond motifs is 2. The second-order valence-electron chi connectivity index (χ2n) is 7.39. The van der Waals surface area contributed by atoms with Crippen LogP contribution in [0, 0.1) is 11.6 Å². The minimum Gasteiger partial charge on any atom is -0.342 e. The Morgan fingerprint density at radius 2 is 1.52 bits per heavy atom. The van der Waals surface area contributed by atoms with Crippen LogP contribution in [0.1, 0.15) is 48.9 Å². The fourth-order valence-electron chi connectivity index (χ4n) is 4.37. The van der Waals surface area contributed by atoms with Crippen LogP contribution in [0.3, 0.4) is 0 Å². The van der Waals surface area contributed by atoms with Gasteiger partial charge in [-0.05, 0) is 79.6 Å². The van der Waals surface area contributed by atoms with Crippen LogP contribution in [0.2, 0.25) is 0 Å². The Labute approximate surface area is 155 Å². The number of nitrogens with zero attached hydrogens (tertiary/aromatic N) is 2. The molecule has 27 heavy (non-hydrogen) atoms. The van der Waals surface area contributed by atoms with Crippen molar-refractivity contribution in [2.75, 3.05) is 0 Å². The molecule has 0 spiro atoms. The van der Waals surface area contributed by atoms with Gasteiger partial charge < -0.3 is 4.98 Å². The predicted octanol–water partition coefficient (Wildman–Crippen LogP) is 5.83. The van der Waals surface area contributed by atoms with Gasteiger partial charge in [0, 0.05) is 17.5 Å². The zero-order valence-electron chi connectivity index (χ0n) is 14.8. The summed E-state index contributed by atoms with van der Waals surface area (Å²) in [6.45, 7) is 0. The van der Waals surface area contributed by atoms with Gasteiger partial charge in [-0.25, -0.2) is 13.8 Å². The molecule has 0 bridgehead atoms. The maximum absolute atomic E-state index is 13.7. The second-order valence-corrected chi connectivity index (χ2v) is 7.39. The fourth-order valence-corrected chi connectivity index (χ4v) is 4.37. The van der Waals surface area contributed by atoms with Crippen molar-refractivity contribution >= 4 is 21.9 Å². The Hall–Kier alpha value is -2.82. The molecule has 1 aliphatic rings. The number of rotatable bonds is 2. The Morgan fingerprint density at radius 1 is 0.815 bits per heavy atom. The summed E-state index contributed by atoms with van der Waals surface area (Å²) in [5.41, 5.74) is 3.59. The van der Waals surface area contributed by atoms with Crippen LogP contribution < -0.4 is 0 Å². The third kappa shape index (κ3) is 2.97. The van der Waals surface area contributed by atoms with Gasteiger partial charge in [0.1, 0.15) is 17.5 Å². The van der Waals surface area contributed by atoms with Crippen LogP contribution in [-0.2, 0) is 0 Å². The number of benzene rings is 2. The average molecular weight is 363 g/mol. The van der Waals surface area contributed by atoms with Crippen molar-refractivity contribution in [3.8, 4) is 0 Å². The van der Waals surface area contributed by atoms with Crippen LogP contribution in [0.4, 0.5) is 8.78 Å². The predicted molar refractivity (Wildman–Crippen MR) is 102 cm³/mol. The third-order valence-corrected chi connectivity index (χ3v) is 5.75. The summed E-state index contributed by atoms with van der Waals surface area (Å²) >= 11 is 0. The highest BCUT2D eigenvalue weighted by atomic mass is 19.1. The zero-order chi connectivity index (χ0) is 18.4. The van der Waals surface area contributed by atoms with Crippen LogP contribution in [0.15, 0.2) is 48.7 Å². The molecule has 1 aliphatic carbocycles. The molecule has 136 valence electrons. The molecule has 1 fully saturated rings. The molecule has 4 aromatic rings. The monoisotopic (exact) mass is 363 g/mol. The number of aromatic amines is 1. The van der Waals surface area contributed by atoms with E-state index in [1.807, 2.05) is 12.3 Å². The van der Waals surface area contributed by atoms with Crippen molar-refractivity contribution in [1.82, 2.24) is 15.0 Å². The van der Waals surface area contributed by atoms with E-state index in [-0.39, 0.29) is 11.6 Å². The quantitative estimate of drug-likeness (QED) is 0.487. The summed E-state index contributed by atoms with van der Waals surface area (Å²) in [5.74, 6) is 1.22. The summed E-state index contributed by atoms with van der Waals surface area (Å²) in [4.78, 5) is 12.3. The number of imidazole rings is 1. The molecule has 0 unspecified atom stereocenters. The maximum Gasteiger partial charge on any atom is 0.125 e. The number of aromatic nitrogens is 3. The van der Waals surface area contributed by atoms with Crippen molar-refractivity contribution < 1.29 is 8.78 Å². The molecule has 0 atom stereocenters. The molecule has 2 aromatic carbocycles. The Balaban J connectivity index is 1.39. The average Bonchev–Trinajstić information content (AvgIpc) is 3.11. The van der Waals surface area contributed by atoms with E-state index in [4.69, 9.17) is 0 Å². The maximum atomic E-state index is 13.7. The largest absolute Gasteiger partial charge is 0.342 e. The van der Waals surface area contributed by atoms with Crippen LogP contribution >= 0.6 is 0 Å². The van der Waals surface area contributed by atoms with Gasteiger partial charge in [-0.2, -0.15) is 0 Å². The molecular formula is C22H19F2N3.